The van der Waals surface area contributed by atoms with Gasteiger partial charge in [-0.05, 0) is 77.6 Å². The number of fused-ring (bicyclic) bond motifs is 5. The Bertz CT molecular complexity index is 2700. The van der Waals surface area contributed by atoms with Gasteiger partial charge in [0.1, 0.15) is 53.6 Å². The lowest BCUT2D eigenvalue weighted by Gasteiger charge is -2.36. The van der Waals surface area contributed by atoms with E-state index in [1.807, 2.05) is 14.0 Å². The summed E-state index contributed by atoms with van der Waals surface area (Å²) in [6, 6.07) is -6.29. The number of nitrogens with zero attached hydrogens (tertiary/aromatic N) is 2. The van der Waals surface area contributed by atoms with E-state index in [-0.39, 0.29) is 38.7 Å². The molecule has 4 heterocycles. The Morgan fingerprint density at radius 2 is 1.52 bits per heavy atom. The van der Waals surface area contributed by atoms with Gasteiger partial charge in [0.2, 0.25) is 53.2 Å². The molecule has 80 heavy (non-hydrogen) atoms. The van der Waals surface area contributed by atoms with Crippen LogP contribution >= 0.6 is 0 Å². The number of nitrogens with two attached hydrogens (primary N) is 1. The molecule has 1 saturated heterocycles. The highest BCUT2D eigenvalue weighted by molar-refractivity contribution is 7.85. The smallest absolute Gasteiger partial charge is 0.407 e. The van der Waals surface area contributed by atoms with Crippen LogP contribution in [0.4, 0.5) is 4.79 Å². The molecule has 1 aromatic carbocycles. The molecule has 0 aliphatic carbocycles. The molecular formula is C52H80N12O15S. The van der Waals surface area contributed by atoms with E-state index in [0.717, 1.165) is 11.4 Å². The number of phenols is 1. The van der Waals surface area contributed by atoms with Crippen LogP contribution in [0.25, 0.3) is 10.9 Å². The van der Waals surface area contributed by atoms with Gasteiger partial charge in [-0.25, -0.2) is 4.79 Å². The normalized spacial score (nSPS) is 26.0. The number of primary amides is 1. The summed E-state index contributed by atoms with van der Waals surface area (Å²) in [6.45, 7) is 14.5. The van der Waals surface area contributed by atoms with Crippen LogP contribution in [0.2, 0.25) is 0 Å². The molecule has 27 nitrogen and oxygen atoms in total. The second kappa shape index (κ2) is 27.0. The van der Waals surface area contributed by atoms with E-state index in [4.69, 9.17) is 10.5 Å². The lowest BCUT2D eigenvalue weighted by Crippen LogP contribution is -2.62. The Kier molecular flexibility index (Phi) is 21.6. The number of hydrogen-bond acceptors (Lipinski definition) is 16. The van der Waals surface area contributed by atoms with Gasteiger partial charge in [-0.3, -0.25) is 47.4 Å². The van der Waals surface area contributed by atoms with Crippen molar-refractivity contribution in [2.75, 3.05) is 45.6 Å². The SMILES string of the molecule is CC[C@H](C)[C@@H]1NC(=O)CNC(=O)[C@@H]2Cc3c([nH]c4cc(O)ccc34)S(=O)C[C@H](NC(=O)CNC1=O)C(=O)N[C@@H](CC(N)=O)C(=O)N1C[C@H](O)C[C@H]1C(=O)N[C@@H]([C@@H](C)[C@@H](O)COC(=O)NC(C)(C)CC(C)CN(C)C(C)(C)C)C(=O)N2. The third-order valence-electron chi connectivity index (χ3n) is 14.8. The van der Waals surface area contributed by atoms with E-state index >= 15 is 4.79 Å². The first-order valence-electron chi connectivity index (χ1n) is 26.7. The lowest BCUT2D eigenvalue weighted by atomic mass is 9.90. The maximum Gasteiger partial charge on any atom is 0.407 e. The molecule has 12 atom stereocenters. The summed E-state index contributed by atoms with van der Waals surface area (Å²) < 4.78 is 20.3. The highest BCUT2D eigenvalue weighted by Gasteiger charge is 2.45. The summed E-state index contributed by atoms with van der Waals surface area (Å²) in [6.07, 6.45) is -5.04. The fourth-order valence-electron chi connectivity index (χ4n) is 9.89. The van der Waals surface area contributed by atoms with E-state index in [1.54, 1.807) is 27.7 Å². The lowest BCUT2D eigenvalue weighted by molar-refractivity contribution is -0.144. The van der Waals surface area contributed by atoms with Gasteiger partial charge in [-0.1, -0.05) is 34.1 Å². The Balaban J connectivity index is 1.63. The number of phenolic OH excluding ortho intramolecular Hbond substituents is 1. The zero-order chi connectivity index (χ0) is 59.7. The molecule has 0 radical (unpaired) electrons. The second-order valence-electron chi connectivity index (χ2n) is 22.9. The van der Waals surface area contributed by atoms with Crippen LogP contribution in [-0.2, 0) is 65.1 Å². The topological polar surface area (TPSA) is 402 Å². The van der Waals surface area contributed by atoms with Gasteiger partial charge in [0.05, 0.1) is 53.8 Å². The molecule has 28 heteroatoms. The van der Waals surface area contributed by atoms with Crippen molar-refractivity contribution in [1.29, 1.82) is 0 Å². The molecule has 0 saturated carbocycles. The number of alkyl carbamates (subject to hydrolysis) is 1. The fourth-order valence-corrected chi connectivity index (χ4v) is 11.3. The highest BCUT2D eigenvalue weighted by Crippen LogP contribution is 2.30. The molecule has 2 unspecified atom stereocenters. The standard InChI is InChI=1S/C52H80N12O15S/c1-11-26(3)41-46(74)55-19-39(69)56-35-24-80(78)48-31(30-13-12-28(65)14-32(30)59-48)16-33(43(71)54-20-40(70)60-41)57-47(75)42(61-45(73)36-15-29(66)22-64(36)49(76)34(17-38(53)68)58-44(35)72)27(4)37(67)23-79-50(77)62-52(8,9)18-25(2)21-63(10)51(5,6)7/h12-14,25-27,29,33-37,41-42,59,65-67H,11,15-24H2,1-10H3,(H2,53,68)(H,54,71)(H,55,74)(H,56,69)(H,57,75)(H,58,72)(H,60,70)(H,61,73)(H,62,77)/t25?,26-,27-,29+,33-,34-,35-,36-,37-,41-,42-,80?/m0/s1. The van der Waals surface area contributed by atoms with Gasteiger partial charge in [-0.2, -0.15) is 0 Å². The zero-order valence-electron chi connectivity index (χ0n) is 47.0. The number of ether oxygens (including phenoxy) is 1. The predicted molar refractivity (Wildman–Crippen MR) is 290 cm³/mol. The first-order valence-corrected chi connectivity index (χ1v) is 28.0. The largest absolute Gasteiger partial charge is 0.508 e. The highest BCUT2D eigenvalue weighted by atomic mass is 32.2. The first kappa shape index (κ1) is 63.9. The van der Waals surface area contributed by atoms with E-state index in [0.29, 0.717) is 12.8 Å². The average Bonchev–Trinajstić information content (AvgIpc) is 3.94. The number of hydrogen-bond donors (Lipinski definition) is 13. The molecule has 2 aromatic rings. The number of aromatic nitrogens is 1. The molecule has 3 aliphatic rings. The van der Waals surface area contributed by atoms with Crippen molar-refractivity contribution in [3.05, 3.63) is 23.8 Å². The van der Waals surface area contributed by atoms with Crippen molar-refractivity contribution < 1.29 is 72.2 Å². The van der Waals surface area contributed by atoms with Crippen LogP contribution in [-0.4, -0.2) is 199 Å². The Labute approximate surface area is 466 Å². The maximum atomic E-state index is 15.0. The molecule has 444 valence electrons. The number of rotatable bonds is 13. The molecule has 10 amide bonds. The fraction of sp³-hybridized carbons (Fsp3) is 0.654. The number of aromatic hydroxyl groups is 1. The van der Waals surface area contributed by atoms with Crippen molar-refractivity contribution in [3.8, 4) is 5.75 Å². The zero-order valence-corrected chi connectivity index (χ0v) is 47.8. The van der Waals surface area contributed by atoms with Crippen molar-refractivity contribution in [3.63, 3.8) is 0 Å². The minimum absolute atomic E-state index is 0.0593. The van der Waals surface area contributed by atoms with Crippen molar-refractivity contribution in [2.24, 2.45) is 23.5 Å². The molecular weight excluding hydrogens is 1060 g/mol. The van der Waals surface area contributed by atoms with Crippen molar-refractivity contribution in [1.82, 2.24) is 57.3 Å². The molecule has 5 rings (SSSR count). The minimum atomic E-state index is -2.42. The third-order valence-corrected chi connectivity index (χ3v) is 16.2. The Morgan fingerprint density at radius 3 is 2.16 bits per heavy atom. The van der Waals surface area contributed by atoms with Crippen molar-refractivity contribution >= 4 is 81.0 Å². The number of nitrogens with one attached hydrogen (secondary N) is 9. The van der Waals surface area contributed by atoms with Crippen LogP contribution in [0.1, 0.15) is 93.6 Å². The van der Waals surface area contributed by atoms with Crippen LogP contribution in [0, 0.1) is 17.8 Å². The maximum absolute atomic E-state index is 15.0. The second-order valence-corrected chi connectivity index (χ2v) is 24.4. The summed E-state index contributed by atoms with van der Waals surface area (Å²) in [4.78, 5) is 146. The predicted octanol–water partition coefficient (Wildman–Crippen LogP) is -2.65. The Hall–Kier alpha value is -6.91. The summed E-state index contributed by atoms with van der Waals surface area (Å²) in [7, 11) is -0.423. The summed E-state index contributed by atoms with van der Waals surface area (Å²) in [5.41, 5.74) is 4.89. The Morgan fingerprint density at radius 1 is 0.875 bits per heavy atom. The number of aromatic amines is 1. The molecule has 1 aromatic heterocycles. The number of H-pyrrole nitrogens is 1. The molecule has 3 aliphatic heterocycles. The van der Waals surface area contributed by atoms with Gasteiger partial charge in [-0.15, -0.1) is 0 Å². The average molecular weight is 1150 g/mol. The number of aliphatic hydroxyl groups is 2. The minimum Gasteiger partial charge on any atom is -0.508 e. The quantitative estimate of drug-likeness (QED) is 0.0974. The molecule has 1 fully saturated rings. The van der Waals surface area contributed by atoms with E-state index in [2.05, 4.69) is 73.2 Å². The van der Waals surface area contributed by atoms with E-state index < -0.39 is 187 Å². The van der Waals surface area contributed by atoms with E-state index in [9.17, 15) is 62.7 Å². The number of amides is 10. The molecule has 14 N–H and O–H groups in total. The van der Waals surface area contributed by atoms with Gasteiger partial charge in [0.15, 0.2) is 0 Å². The monoisotopic (exact) mass is 1140 g/mol. The van der Waals surface area contributed by atoms with Gasteiger partial charge in [0, 0.05) is 54.4 Å². The van der Waals surface area contributed by atoms with Gasteiger partial charge < -0.3 is 83.1 Å². The van der Waals surface area contributed by atoms with Crippen LogP contribution in [0.3, 0.4) is 0 Å². The summed E-state index contributed by atoms with van der Waals surface area (Å²) in [5, 5.41) is 53.4. The summed E-state index contributed by atoms with van der Waals surface area (Å²) >= 11 is 0. The van der Waals surface area contributed by atoms with Gasteiger partial charge in [0.25, 0.3) is 0 Å². The van der Waals surface area contributed by atoms with Crippen LogP contribution in [0.5, 0.6) is 5.75 Å². The van der Waals surface area contributed by atoms with Crippen LogP contribution in [0.15, 0.2) is 23.2 Å². The molecule has 2 bridgehead atoms. The summed E-state index contributed by atoms with van der Waals surface area (Å²) in [5.74, 6) is -12.3. The molecule has 0 spiro atoms. The van der Waals surface area contributed by atoms with Crippen LogP contribution < -0.4 is 48.3 Å². The third kappa shape index (κ3) is 17.1. The first-order chi connectivity index (χ1) is 37.3. The number of aliphatic hydroxyl groups excluding tert-OH is 2. The number of carbonyl (C=O) groups is 10. The number of benzene rings is 1. The van der Waals surface area contributed by atoms with Crippen molar-refractivity contribution in [2.45, 2.75) is 159 Å². The van der Waals surface area contributed by atoms with E-state index in [1.165, 1.54) is 25.1 Å². The number of carbonyl (C=O) groups excluding carboxylic acids is 10. The van der Waals surface area contributed by atoms with Gasteiger partial charge >= 0.3 is 6.09 Å².